The van der Waals surface area contributed by atoms with Crippen LogP contribution < -0.4 is 4.74 Å². The number of hydrogen-bond donors (Lipinski definition) is 0. The molecule has 1 aromatic heterocycles. The molecule has 0 spiro atoms. The van der Waals surface area contributed by atoms with E-state index in [9.17, 15) is 18.5 Å². The number of nitro groups is 1. The summed E-state index contributed by atoms with van der Waals surface area (Å²) < 4.78 is 32.7. The van der Waals surface area contributed by atoms with Crippen LogP contribution in [0.25, 0.3) is 22.2 Å². The third-order valence-corrected chi connectivity index (χ3v) is 6.33. The lowest BCUT2D eigenvalue weighted by Crippen LogP contribution is -2.14. The number of methoxy groups -OCH3 is 1. The van der Waals surface area contributed by atoms with Gasteiger partial charge in [0.1, 0.15) is 11.4 Å². The number of ether oxygens (including phenoxy) is 1. The van der Waals surface area contributed by atoms with E-state index in [2.05, 4.69) is 5.10 Å². The van der Waals surface area contributed by atoms with Gasteiger partial charge in [0, 0.05) is 23.1 Å². The van der Waals surface area contributed by atoms with Crippen LogP contribution in [0.5, 0.6) is 5.75 Å². The Hall–Kier alpha value is -3.72. The molecule has 8 nitrogen and oxygen atoms in total. The number of aryl methyl sites for hydroxylation is 1. The molecule has 0 radical (unpaired) electrons. The highest BCUT2D eigenvalue weighted by Gasteiger charge is 2.25. The van der Waals surface area contributed by atoms with E-state index < -0.39 is 14.9 Å². The average Bonchev–Trinajstić information content (AvgIpc) is 3.14. The summed E-state index contributed by atoms with van der Waals surface area (Å²) in [5.41, 5.74) is 1.91. The van der Waals surface area contributed by atoms with Crippen molar-refractivity contribution in [1.29, 1.82) is 0 Å². The van der Waals surface area contributed by atoms with Gasteiger partial charge in [-0.15, -0.1) is 0 Å². The fourth-order valence-corrected chi connectivity index (χ4v) is 4.46. The Bertz CT molecular complexity index is 1380. The van der Waals surface area contributed by atoms with Crippen LogP contribution in [-0.4, -0.2) is 29.6 Å². The number of non-ortho nitro benzene ring substituents is 1. The molecule has 4 aromatic rings. The summed E-state index contributed by atoms with van der Waals surface area (Å²) in [5.74, 6) is 0.557. The van der Waals surface area contributed by atoms with Crippen molar-refractivity contribution in [2.24, 2.45) is 0 Å². The summed E-state index contributed by atoms with van der Waals surface area (Å²) in [6, 6.07) is 17.3. The molecule has 0 aliphatic heterocycles. The SMILES string of the molecule is COc1cccc(-c2nn(S(=O)(=O)c3ccc(C)cc3)c3ccc([N+](=O)[O-])cc23)c1. The standard InChI is InChI=1S/C21H17N3O5S/c1-14-6-9-18(10-7-14)30(27,28)23-20-11-8-16(24(25)26)13-19(20)21(22-23)15-4-3-5-17(12-15)29-2/h3-13H,1-2H3. The third-order valence-electron chi connectivity index (χ3n) is 4.73. The Kier molecular flexibility index (Phi) is 4.75. The molecule has 152 valence electrons. The van der Waals surface area contributed by atoms with Gasteiger partial charge in [0.05, 0.1) is 22.4 Å². The van der Waals surface area contributed by atoms with Crippen LogP contribution in [0.15, 0.2) is 71.6 Å². The molecule has 0 amide bonds. The van der Waals surface area contributed by atoms with Crippen molar-refractivity contribution in [3.63, 3.8) is 0 Å². The van der Waals surface area contributed by atoms with Gasteiger partial charge in [-0.2, -0.15) is 17.6 Å². The highest BCUT2D eigenvalue weighted by atomic mass is 32.2. The monoisotopic (exact) mass is 423 g/mol. The maximum Gasteiger partial charge on any atom is 0.283 e. The summed E-state index contributed by atoms with van der Waals surface area (Å²) in [7, 11) is -2.50. The van der Waals surface area contributed by atoms with Gasteiger partial charge in [0.15, 0.2) is 0 Å². The maximum absolute atomic E-state index is 13.3. The lowest BCUT2D eigenvalue weighted by Gasteiger charge is -2.06. The fourth-order valence-electron chi connectivity index (χ4n) is 3.17. The van der Waals surface area contributed by atoms with Crippen molar-refractivity contribution in [1.82, 2.24) is 9.19 Å². The van der Waals surface area contributed by atoms with Crippen LogP contribution in [0.1, 0.15) is 5.56 Å². The molecule has 0 saturated carbocycles. The number of rotatable bonds is 5. The van der Waals surface area contributed by atoms with E-state index in [0.29, 0.717) is 22.4 Å². The van der Waals surface area contributed by atoms with Crippen LogP contribution in [0, 0.1) is 17.0 Å². The van der Waals surface area contributed by atoms with E-state index >= 15 is 0 Å². The molecular formula is C21H17N3O5S. The lowest BCUT2D eigenvalue weighted by atomic mass is 10.1. The second-order valence-electron chi connectivity index (χ2n) is 6.70. The molecule has 0 bridgehead atoms. The largest absolute Gasteiger partial charge is 0.497 e. The molecule has 0 atom stereocenters. The maximum atomic E-state index is 13.3. The van der Waals surface area contributed by atoms with Crippen molar-refractivity contribution < 1.29 is 18.1 Å². The van der Waals surface area contributed by atoms with Crippen molar-refractivity contribution in [3.05, 3.63) is 82.4 Å². The summed E-state index contributed by atoms with van der Waals surface area (Å²) in [5, 5.41) is 16.0. The first-order chi connectivity index (χ1) is 14.3. The van der Waals surface area contributed by atoms with E-state index in [0.717, 1.165) is 9.65 Å². The first-order valence-corrected chi connectivity index (χ1v) is 10.4. The number of nitro benzene ring substituents is 1. The van der Waals surface area contributed by atoms with Gasteiger partial charge in [-0.25, -0.2) is 0 Å². The Morgan fingerprint density at radius 3 is 2.43 bits per heavy atom. The van der Waals surface area contributed by atoms with Crippen molar-refractivity contribution in [3.8, 4) is 17.0 Å². The summed E-state index contributed by atoms with van der Waals surface area (Å²) in [6.45, 7) is 1.86. The highest BCUT2D eigenvalue weighted by molar-refractivity contribution is 7.90. The molecule has 0 fully saturated rings. The normalized spacial score (nSPS) is 11.5. The Balaban J connectivity index is 2.01. The van der Waals surface area contributed by atoms with Crippen molar-refractivity contribution >= 4 is 26.6 Å². The molecule has 0 unspecified atom stereocenters. The molecule has 1 heterocycles. The summed E-state index contributed by atoms with van der Waals surface area (Å²) in [6.07, 6.45) is 0. The van der Waals surface area contributed by atoms with E-state index in [1.165, 1.54) is 37.4 Å². The van der Waals surface area contributed by atoms with Gasteiger partial charge in [-0.1, -0.05) is 29.8 Å². The molecular weight excluding hydrogens is 406 g/mol. The minimum atomic E-state index is -4.01. The number of fused-ring (bicyclic) bond motifs is 1. The van der Waals surface area contributed by atoms with Crippen LogP contribution >= 0.6 is 0 Å². The Morgan fingerprint density at radius 2 is 1.77 bits per heavy atom. The number of nitrogens with zero attached hydrogens (tertiary/aromatic N) is 3. The summed E-state index contributed by atoms with van der Waals surface area (Å²) in [4.78, 5) is 10.8. The van der Waals surface area contributed by atoms with Crippen LogP contribution in [0.2, 0.25) is 0 Å². The first kappa shape index (κ1) is 19.6. The van der Waals surface area contributed by atoms with Crippen LogP contribution in [-0.2, 0) is 10.0 Å². The second-order valence-corrected chi connectivity index (χ2v) is 8.47. The molecule has 0 N–H and O–H groups in total. The Morgan fingerprint density at radius 1 is 1.03 bits per heavy atom. The quantitative estimate of drug-likeness (QED) is 0.352. The van der Waals surface area contributed by atoms with E-state index in [-0.39, 0.29) is 16.1 Å². The van der Waals surface area contributed by atoms with Crippen LogP contribution in [0.4, 0.5) is 5.69 Å². The molecule has 0 aliphatic carbocycles. The number of benzene rings is 3. The second kappa shape index (κ2) is 7.27. The van der Waals surface area contributed by atoms with E-state index in [4.69, 9.17) is 4.74 Å². The van der Waals surface area contributed by atoms with Crippen molar-refractivity contribution in [2.75, 3.05) is 7.11 Å². The molecule has 9 heteroatoms. The topological polar surface area (TPSA) is 104 Å². The van der Waals surface area contributed by atoms with E-state index in [1.54, 1.807) is 36.4 Å². The number of aromatic nitrogens is 2. The summed E-state index contributed by atoms with van der Waals surface area (Å²) >= 11 is 0. The minimum absolute atomic E-state index is 0.0769. The smallest absolute Gasteiger partial charge is 0.283 e. The van der Waals surface area contributed by atoms with Crippen molar-refractivity contribution in [2.45, 2.75) is 11.8 Å². The average molecular weight is 423 g/mol. The predicted octanol–water partition coefficient (Wildman–Crippen LogP) is 4.17. The zero-order valence-electron chi connectivity index (χ0n) is 16.1. The third kappa shape index (κ3) is 3.29. The van der Waals surface area contributed by atoms with Gasteiger partial charge in [-0.3, -0.25) is 10.1 Å². The molecule has 0 aliphatic rings. The zero-order chi connectivity index (χ0) is 21.5. The highest BCUT2D eigenvalue weighted by Crippen LogP contribution is 2.34. The molecule has 3 aromatic carbocycles. The van der Waals surface area contributed by atoms with Gasteiger partial charge in [-0.05, 0) is 37.3 Å². The van der Waals surface area contributed by atoms with Gasteiger partial charge in [0.25, 0.3) is 15.7 Å². The molecule has 0 saturated heterocycles. The fraction of sp³-hybridized carbons (Fsp3) is 0.0952. The zero-order valence-corrected chi connectivity index (χ0v) is 17.0. The Labute approximate surface area is 172 Å². The first-order valence-electron chi connectivity index (χ1n) is 8.95. The van der Waals surface area contributed by atoms with E-state index in [1.807, 2.05) is 6.92 Å². The lowest BCUT2D eigenvalue weighted by molar-refractivity contribution is -0.384. The minimum Gasteiger partial charge on any atom is -0.497 e. The number of hydrogen-bond acceptors (Lipinski definition) is 6. The van der Waals surface area contributed by atoms with Gasteiger partial charge >= 0.3 is 0 Å². The van der Waals surface area contributed by atoms with Gasteiger partial charge in [0.2, 0.25) is 0 Å². The predicted molar refractivity (Wildman–Crippen MR) is 112 cm³/mol. The van der Waals surface area contributed by atoms with Crippen LogP contribution in [0.3, 0.4) is 0 Å². The molecule has 4 rings (SSSR count). The molecule has 30 heavy (non-hydrogen) atoms. The van der Waals surface area contributed by atoms with Gasteiger partial charge < -0.3 is 4.74 Å².